The van der Waals surface area contributed by atoms with Gasteiger partial charge in [-0.1, -0.05) is 0 Å². The summed E-state index contributed by atoms with van der Waals surface area (Å²) in [6, 6.07) is 0.935. The Morgan fingerprint density at radius 1 is 1.38 bits per heavy atom. The Balaban J connectivity index is 1.84. The minimum atomic E-state index is -4.52. The number of hydrogen-bond donors (Lipinski definition) is 1. The van der Waals surface area contributed by atoms with Crippen LogP contribution < -0.4 is 5.32 Å². The second kappa shape index (κ2) is 5.47. The van der Waals surface area contributed by atoms with E-state index in [-0.39, 0.29) is 17.7 Å². The number of hydrogen-bond acceptors (Lipinski definition) is 5. The first-order valence-electron chi connectivity index (χ1n) is 6.67. The highest BCUT2D eigenvalue weighted by Gasteiger charge is 2.34. The van der Waals surface area contributed by atoms with Crippen molar-refractivity contribution >= 4 is 11.6 Å². The number of alkyl halides is 3. The third kappa shape index (κ3) is 3.07. The van der Waals surface area contributed by atoms with Gasteiger partial charge in [-0.15, -0.1) is 0 Å². The summed E-state index contributed by atoms with van der Waals surface area (Å²) in [7, 11) is 0. The summed E-state index contributed by atoms with van der Waals surface area (Å²) < 4.78 is 45.3. The lowest BCUT2D eigenvalue weighted by Crippen LogP contribution is -2.28. The lowest BCUT2D eigenvalue weighted by Gasteiger charge is -2.23. The number of nitrogens with zero attached hydrogens (tertiary/aromatic N) is 4. The second-order valence-electron chi connectivity index (χ2n) is 4.87. The number of fused-ring (bicyclic) bond motifs is 1. The van der Waals surface area contributed by atoms with E-state index < -0.39 is 11.9 Å². The zero-order valence-electron chi connectivity index (χ0n) is 11.1. The largest absolute Gasteiger partial charge is 0.433 e. The molecule has 1 atom stereocenters. The molecule has 0 unspecified atom stereocenters. The van der Waals surface area contributed by atoms with Gasteiger partial charge in [-0.2, -0.15) is 27.8 Å². The molecule has 1 fully saturated rings. The fourth-order valence-electron chi connectivity index (χ4n) is 2.27. The van der Waals surface area contributed by atoms with E-state index in [0.717, 1.165) is 25.3 Å². The fourth-order valence-corrected chi connectivity index (χ4v) is 2.27. The number of aromatic nitrogens is 4. The van der Waals surface area contributed by atoms with Crippen LogP contribution in [0.15, 0.2) is 12.4 Å². The van der Waals surface area contributed by atoms with Crippen LogP contribution in [0, 0.1) is 0 Å². The number of rotatable bonds is 3. The average molecular weight is 301 g/mol. The van der Waals surface area contributed by atoms with E-state index in [1.54, 1.807) is 0 Å². The molecule has 21 heavy (non-hydrogen) atoms. The van der Waals surface area contributed by atoms with E-state index in [4.69, 9.17) is 4.74 Å². The maximum Gasteiger partial charge on any atom is 0.433 e. The summed E-state index contributed by atoms with van der Waals surface area (Å²) in [6.07, 6.45) is -0.368. The summed E-state index contributed by atoms with van der Waals surface area (Å²) in [6.45, 7) is 1.12. The SMILES string of the molecule is FC(F)(F)c1cc(NC[C@@H]2CCCCO2)n2ncnc2n1. The molecule has 0 amide bonds. The number of anilines is 1. The molecule has 3 rings (SSSR count). The van der Waals surface area contributed by atoms with E-state index in [1.807, 2.05) is 0 Å². The lowest BCUT2D eigenvalue weighted by molar-refractivity contribution is -0.141. The topological polar surface area (TPSA) is 64.3 Å². The number of halogens is 3. The maximum absolute atomic E-state index is 12.8. The molecule has 3 heterocycles. The van der Waals surface area contributed by atoms with Crippen LogP contribution >= 0.6 is 0 Å². The molecule has 0 radical (unpaired) electrons. The van der Waals surface area contributed by atoms with Crippen molar-refractivity contribution in [1.82, 2.24) is 19.6 Å². The van der Waals surface area contributed by atoms with Crippen molar-refractivity contribution in [3.05, 3.63) is 18.1 Å². The van der Waals surface area contributed by atoms with Gasteiger partial charge in [0, 0.05) is 19.2 Å². The molecule has 2 aromatic rings. The molecule has 1 aliphatic rings. The zero-order chi connectivity index (χ0) is 14.9. The van der Waals surface area contributed by atoms with Gasteiger partial charge < -0.3 is 10.1 Å². The highest BCUT2D eigenvalue weighted by Crippen LogP contribution is 2.29. The summed E-state index contributed by atoms with van der Waals surface area (Å²) in [5.74, 6) is 0.121. The molecule has 1 saturated heterocycles. The molecule has 1 N–H and O–H groups in total. The van der Waals surface area contributed by atoms with Crippen molar-refractivity contribution < 1.29 is 17.9 Å². The molecule has 0 aliphatic carbocycles. The van der Waals surface area contributed by atoms with Crippen LogP contribution in [0.5, 0.6) is 0 Å². The molecule has 0 spiro atoms. The number of ether oxygens (including phenoxy) is 1. The van der Waals surface area contributed by atoms with Crippen LogP contribution in [-0.2, 0) is 10.9 Å². The molecular weight excluding hydrogens is 287 g/mol. The fraction of sp³-hybridized carbons (Fsp3) is 0.583. The van der Waals surface area contributed by atoms with Gasteiger partial charge in [0.1, 0.15) is 12.1 Å². The van der Waals surface area contributed by atoms with E-state index in [9.17, 15) is 13.2 Å². The third-order valence-electron chi connectivity index (χ3n) is 3.33. The van der Waals surface area contributed by atoms with Crippen LogP contribution in [0.4, 0.5) is 19.0 Å². The minimum Gasteiger partial charge on any atom is -0.376 e. The van der Waals surface area contributed by atoms with E-state index in [1.165, 1.54) is 10.8 Å². The van der Waals surface area contributed by atoms with Crippen LogP contribution in [0.3, 0.4) is 0 Å². The van der Waals surface area contributed by atoms with Crippen LogP contribution in [0.2, 0.25) is 0 Å². The molecule has 6 nitrogen and oxygen atoms in total. The summed E-state index contributed by atoms with van der Waals surface area (Å²) >= 11 is 0. The number of nitrogens with one attached hydrogen (secondary N) is 1. The normalized spacial score (nSPS) is 19.9. The summed E-state index contributed by atoms with van der Waals surface area (Å²) in [4.78, 5) is 7.17. The van der Waals surface area contributed by atoms with Gasteiger partial charge in [0.15, 0.2) is 5.69 Å². The van der Waals surface area contributed by atoms with Crippen molar-refractivity contribution in [2.45, 2.75) is 31.5 Å². The average Bonchev–Trinajstić information content (AvgIpc) is 2.93. The Kier molecular flexibility index (Phi) is 3.66. The Hall–Kier alpha value is -1.90. The molecule has 9 heteroatoms. The quantitative estimate of drug-likeness (QED) is 0.941. The monoisotopic (exact) mass is 301 g/mol. The second-order valence-corrected chi connectivity index (χ2v) is 4.87. The minimum absolute atomic E-state index is 0.000163. The van der Waals surface area contributed by atoms with Gasteiger partial charge in [-0.05, 0) is 19.3 Å². The lowest BCUT2D eigenvalue weighted by atomic mass is 10.1. The van der Waals surface area contributed by atoms with Crippen molar-refractivity contribution in [3.8, 4) is 0 Å². The zero-order valence-corrected chi connectivity index (χ0v) is 11.1. The molecule has 114 valence electrons. The Morgan fingerprint density at radius 2 is 2.24 bits per heavy atom. The Morgan fingerprint density at radius 3 is 2.95 bits per heavy atom. The predicted molar refractivity (Wildman–Crippen MR) is 67.9 cm³/mol. The maximum atomic E-state index is 12.8. The van der Waals surface area contributed by atoms with Gasteiger partial charge in [-0.3, -0.25) is 0 Å². The van der Waals surface area contributed by atoms with Crippen molar-refractivity contribution in [1.29, 1.82) is 0 Å². The highest BCUT2D eigenvalue weighted by molar-refractivity contribution is 5.45. The van der Waals surface area contributed by atoms with Crippen molar-refractivity contribution in [3.63, 3.8) is 0 Å². The van der Waals surface area contributed by atoms with Gasteiger partial charge >= 0.3 is 6.18 Å². The molecular formula is C12H14F3N5O. The van der Waals surface area contributed by atoms with E-state index >= 15 is 0 Å². The molecule has 0 saturated carbocycles. The predicted octanol–water partition coefficient (Wildman–Crippen LogP) is 2.12. The van der Waals surface area contributed by atoms with Gasteiger partial charge in [0.25, 0.3) is 5.78 Å². The summed E-state index contributed by atoms with van der Waals surface area (Å²) in [5, 5.41) is 6.83. The first-order valence-corrected chi connectivity index (χ1v) is 6.67. The third-order valence-corrected chi connectivity index (χ3v) is 3.33. The first-order chi connectivity index (χ1) is 10.0. The van der Waals surface area contributed by atoms with Gasteiger partial charge in [0.05, 0.1) is 6.10 Å². The summed E-state index contributed by atoms with van der Waals surface area (Å²) in [5.41, 5.74) is -0.991. The highest BCUT2D eigenvalue weighted by atomic mass is 19.4. The molecule has 2 aromatic heterocycles. The smallest absolute Gasteiger partial charge is 0.376 e. The molecule has 1 aliphatic heterocycles. The van der Waals surface area contributed by atoms with Gasteiger partial charge in [-0.25, -0.2) is 4.98 Å². The van der Waals surface area contributed by atoms with Crippen molar-refractivity contribution in [2.24, 2.45) is 0 Å². The first kappa shape index (κ1) is 14.1. The van der Waals surface area contributed by atoms with Crippen LogP contribution in [-0.4, -0.2) is 38.8 Å². The van der Waals surface area contributed by atoms with E-state index in [2.05, 4.69) is 20.4 Å². The molecule has 0 bridgehead atoms. The van der Waals surface area contributed by atoms with E-state index in [0.29, 0.717) is 13.2 Å². The molecule has 0 aromatic carbocycles. The van der Waals surface area contributed by atoms with Crippen LogP contribution in [0.25, 0.3) is 5.78 Å². The Labute approximate surface area is 118 Å². The standard InChI is InChI=1S/C12H14F3N5O/c13-12(14,15)9-5-10(20-11(19-9)17-7-18-20)16-6-8-3-1-2-4-21-8/h5,7-8,16H,1-4,6H2/t8-/m0/s1. The Bertz CT molecular complexity index is 621. The van der Waals surface area contributed by atoms with Gasteiger partial charge in [0.2, 0.25) is 0 Å². The van der Waals surface area contributed by atoms with Crippen molar-refractivity contribution in [2.75, 3.05) is 18.5 Å². The van der Waals surface area contributed by atoms with Crippen LogP contribution in [0.1, 0.15) is 25.0 Å².